The molecule has 1 saturated carbocycles. The van der Waals surface area contributed by atoms with Crippen molar-refractivity contribution in [2.45, 2.75) is 48.8 Å². The largest absolute Gasteiger partial charge is 0.399 e. The molecule has 1 fully saturated rings. The van der Waals surface area contributed by atoms with Gasteiger partial charge in [-0.25, -0.2) is 13.1 Å². The van der Waals surface area contributed by atoms with Crippen molar-refractivity contribution in [1.82, 2.24) is 4.72 Å². The molecule has 0 radical (unpaired) electrons. The van der Waals surface area contributed by atoms with E-state index in [-0.39, 0.29) is 10.9 Å². The third-order valence-electron chi connectivity index (χ3n) is 3.71. The average molecular weight is 314 g/mol. The van der Waals surface area contributed by atoms with Crippen molar-refractivity contribution >= 4 is 27.5 Å². The maximum Gasteiger partial charge on any atom is 0.240 e. The van der Waals surface area contributed by atoms with Gasteiger partial charge in [-0.05, 0) is 62.6 Å². The maximum atomic E-state index is 12.4. The van der Waals surface area contributed by atoms with E-state index in [0.29, 0.717) is 10.9 Å². The Morgan fingerprint density at radius 3 is 2.40 bits per heavy atom. The summed E-state index contributed by atoms with van der Waals surface area (Å²) in [5.74, 6) is 0. The van der Waals surface area contributed by atoms with Crippen LogP contribution in [0.5, 0.6) is 0 Å². The molecule has 6 heteroatoms. The molecule has 1 aliphatic rings. The van der Waals surface area contributed by atoms with Crippen molar-refractivity contribution in [3.63, 3.8) is 0 Å². The van der Waals surface area contributed by atoms with Gasteiger partial charge in [0.15, 0.2) is 0 Å². The molecule has 1 aliphatic carbocycles. The van der Waals surface area contributed by atoms with E-state index >= 15 is 0 Å². The first kappa shape index (κ1) is 15.7. The number of sulfonamides is 1. The van der Waals surface area contributed by atoms with Crippen molar-refractivity contribution < 1.29 is 8.42 Å². The molecule has 0 saturated heterocycles. The van der Waals surface area contributed by atoms with Crippen LogP contribution in [-0.4, -0.2) is 26.0 Å². The minimum absolute atomic E-state index is 0.0464. The fourth-order valence-corrected chi connectivity index (χ4v) is 4.82. The Kier molecular flexibility index (Phi) is 4.99. The lowest BCUT2D eigenvalue weighted by molar-refractivity contribution is 0.420. The zero-order chi connectivity index (χ0) is 14.8. The minimum atomic E-state index is -3.47. The second-order valence-electron chi connectivity index (χ2n) is 5.41. The van der Waals surface area contributed by atoms with Gasteiger partial charge in [0.25, 0.3) is 0 Å². The minimum Gasteiger partial charge on any atom is -0.399 e. The lowest BCUT2D eigenvalue weighted by atomic mass is 9.96. The number of nitrogens with one attached hydrogen (secondary N) is 1. The van der Waals surface area contributed by atoms with Crippen LogP contribution < -0.4 is 10.5 Å². The van der Waals surface area contributed by atoms with Gasteiger partial charge >= 0.3 is 0 Å². The molecule has 0 atom stereocenters. The summed E-state index contributed by atoms with van der Waals surface area (Å²) in [4.78, 5) is 0.266. The molecule has 0 unspecified atom stereocenters. The van der Waals surface area contributed by atoms with E-state index in [1.54, 1.807) is 12.1 Å². The molecule has 0 aromatic heterocycles. The van der Waals surface area contributed by atoms with E-state index in [2.05, 4.69) is 11.0 Å². The Morgan fingerprint density at radius 2 is 1.85 bits per heavy atom. The highest BCUT2D eigenvalue weighted by Gasteiger charge is 2.25. The van der Waals surface area contributed by atoms with Gasteiger partial charge in [0.2, 0.25) is 10.0 Å². The van der Waals surface area contributed by atoms with Gasteiger partial charge in [0.05, 0.1) is 4.90 Å². The highest BCUT2D eigenvalue weighted by atomic mass is 32.2. The van der Waals surface area contributed by atoms with Gasteiger partial charge in [0.1, 0.15) is 0 Å². The first-order valence-corrected chi connectivity index (χ1v) is 9.60. The average Bonchev–Trinajstić information content (AvgIpc) is 2.38. The Balaban J connectivity index is 2.08. The zero-order valence-electron chi connectivity index (χ0n) is 11.9. The fraction of sp³-hybridized carbons (Fsp3) is 0.571. The third kappa shape index (κ3) is 3.90. The summed E-state index contributed by atoms with van der Waals surface area (Å²) < 4.78 is 27.6. The van der Waals surface area contributed by atoms with Crippen LogP contribution in [0.4, 0.5) is 5.69 Å². The first-order valence-electron chi connectivity index (χ1n) is 6.83. The number of anilines is 1. The predicted octanol–water partition coefficient (Wildman–Crippen LogP) is 2.53. The molecule has 20 heavy (non-hydrogen) atoms. The van der Waals surface area contributed by atoms with Crippen LogP contribution in [0.3, 0.4) is 0 Å². The molecule has 0 aliphatic heterocycles. The molecule has 1 aromatic rings. The standard InChI is InChI=1S/C14H22N2O2S2/c1-10-7-11(15)9-14(8-10)20(17,18)16-12-3-5-13(19-2)6-4-12/h7-9,12-13,16H,3-6,15H2,1-2H3. The number of nitrogens with two attached hydrogens (primary N) is 1. The Morgan fingerprint density at radius 1 is 1.20 bits per heavy atom. The maximum absolute atomic E-state index is 12.4. The molecule has 4 nitrogen and oxygen atoms in total. The molecular formula is C14H22N2O2S2. The fourth-order valence-electron chi connectivity index (χ4n) is 2.64. The summed E-state index contributed by atoms with van der Waals surface area (Å²) in [6, 6.07) is 4.99. The lowest BCUT2D eigenvalue weighted by Crippen LogP contribution is -2.38. The van der Waals surface area contributed by atoms with E-state index in [1.807, 2.05) is 18.7 Å². The molecular weight excluding hydrogens is 292 g/mol. The smallest absolute Gasteiger partial charge is 0.240 e. The highest BCUT2D eigenvalue weighted by molar-refractivity contribution is 7.99. The normalized spacial score (nSPS) is 23.7. The Bertz CT molecular complexity index is 544. The monoisotopic (exact) mass is 314 g/mol. The Labute approximate surface area is 125 Å². The summed E-state index contributed by atoms with van der Waals surface area (Å²) >= 11 is 1.87. The van der Waals surface area contributed by atoms with Crippen molar-refractivity contribution in [3.05, 3.63) is 23.8 Å². The number of hydrogen-bond acceptors (Lipinski definition) is 4. The van der Waals surface area contributed by atoms with Crippen LogP contribution >= 0.6 is 11.8 Å². The number of nitrogen functional groups attached to an aromatic ring is 1. The quantitative estimate of drug-likeness (QED) is 0.838. The molecule has 3 N–H and O–H groups in total. The lowest BCUT2D eigenvalue weighted by Gasteiger charge is -2.27. The van der Waals surface area contributed by atoms with E-state index < -0.39 is 10.0 Å². The Hall–Kier alpha value is -0.720. The second kappa shape index (κ2) is 6.37. The van der Waals surface area contributed by atoms with Gasteiger partial charge < -0.3 is 5.73 Å². The molecule has 2 rings (SSSR count). The van der Waals surface area contributed by atoms with Crippen LogP contribution in [0.2, 0.25) is 0 Å². The van der Waals surface area contributed by atoms with Gasteiger partial charge in [-0.3, -0.25) is 0 Å². The molecule has 0 heterocycles. The van der Waals surface area contributed by atoms with E-state index in [0.717, 1.165) is 31.2 Å². The van der Waals surface area contributed by atoms with Crippen LogP contribution in [0.25, 0.3) is 0 Å². The summed E-state index contributed by atoms with van der Waals surface area (Å²) in [5.41, 5.74) is 7.07. The number of aryl methyl sites for hydroxylation is 1. The van der Waals surface area contributed by atoms with Gasteiger partial charge in [-0.1, -0.05) is 0 Å². The third-order valence-corrected chi connectivity index (χ3v) is 6.35. The van der Waals surface area contributed by atoms with Gasteiger partial charge in [-0.15, -0.1) is 0 Å². The van der Waals surface area contributed by atoms with Crippen molar-refractivity contribution in [3.8, 4) is 0 Å². The summed E-state index contributed by atoms with van der Waals surface area (Å²) in [7, 11) is -3.47. The van der Waals surface area contributed by atoms with Crippen LogP contribution in [0, 0.1) is 6.92 Å². The highest BCUT2D eigenvalue weighted by Crippen LogP contribution is 2.28. The van der Waals surface area contributed by atoms with Crippen LogP contribution in [-0.2, 0) is 10.0 Å². The number of thioether (sulfide) groups is 1. The molecule has 0 bridgehead atoms. The van der Waals surface area contributed by atoms with E-state index in [4.69, 9.17) is 5.73 Å². The summed E-state index contributed by atoms with van der Waals surface area (Å²) in [6.07, 6.45) is 6.08. The van der Waals surface area contributed by atoms with E-state index in [1.165, 1.54) is 6.07 Å². The van der Waals surface area contributed by atoms with Crippen LogP contribution in [0.15, 0.2) is 23.1 Å². The van der Waals surface area contributed by atoms with Crippen molar-refractivity contribution in [2.24, 2.45) is 0 Å². The topological polar surface area (TPSA) is 72.2 Å². The molecule has 112 valence electrons. The second-order valence-corrected chi connectivity index (χ2v) is 8.26. The van der Waals surface area contributed by atoms with Crippen molar-refractivity contribution in [2.75, 3.05) is 12.0 Å². The number of hydrogen-bond donors (Lipinski definition) is 2. The van der Waals surface area contributed by atoms with Crippen LogP contribution in [0.1, 0.15) is 31.2 Å². The van der Waals surface area contributed by atoms with Gasteiger partial charge in [-0.2, -0.15) is 11.8 Å². The molecule has 0 amide bonds. The van der Waals surface area contributed by atoms with Gasteiger partial charge in [0, 0.05) is 17.0 Å². The van der Waals surface area contributed by atoms with E-state index in [9.17, 15) is 8.42 Å². The van der Waals surface area contributed by atoms with Crippen molar-refractivity contribution in [1.29, 1.82) is 0 Å². The molecule has 0 spiro atoms. The SMILES string of the molecule is CSC1CCC(NS(=O)(=O)c2cc(C)cc(N)c2)CC1. The summed E-state index contributed by atoms with van der Waals surface area (Å²) in [6.45, 7) is 1.85. The molecule has 1 aromatic carbocycles. The number of benzene rings is 1. The predicted molar refractivity (Wildman–Crippen MR) is 85.5 cm³/mol. The summed E-state index contributed by atoms with van der Waals surface area (Å²) in [5, 5.41) is 0.672. The zero-order valence-corrected chi connectivity index (χ0v) is 13.6. The first-order chi connectivity index (χ1) is 9.40. The number of rotatable bonds is 4.